The molecule has 0 unspecified atom stereocenters. The maximum atomic E-state index is 6.19. The van der Waals surface area contributed by atoms with E-state index >= 15 is 0 Å². The molecule has 0 aliphatic carbocycles. The quantitative estimate of drug-likeness (QED) is 0.145. The van der Waals surface area contributed by atoms with Gasteiger partial charge >= 0.3 is 0 Å². The second-order valence-electron chi connectivity index (χ2n) is 15.8. The predicted octanol–water partition coefficient (Wildman–Crippen LogP) is 17.1. The summed E-state index contributed by atoms with van der Waals surface area (Å²) in [5, 5.41) is 2.29. The molecule has 0 bridgehead atoms. The van der Waals surface area contributed by atoms with Gasteiger partial charge in [0, 0.05) is 27.8 Å². The molecule has 0 aliphatic rings. The van der Waals surface area contributed by atoms with E-state index in [2.05, 4.69) is 241 Å². The molecule has 0 spiro atoms. The highest BCUT2D eigenvalue weighted by molar-refractivity contribution is 6.06. The molecular formula is C60H41NO. The third kappa shape index (κ3) is 7.25. The summed E-state index contributed by atoms with van der Waals surface area (Å²) in [7, 11) is 0. The Bertz CT molecular complexity index is 3280. The van der Waals surface area contributed by atoms with E-state index < -0.39 is 0 Å². The lowest BCUT2D eigenvalue weighted by atomic mass is 9.98. The molecule has 10 aromatic carbocycles. The van der Waals surface area contributed by atoms with Gasteiger partial charge in [0.2, 0.25) is 0 Å². The lowest BCUT2D eigenvalue weighted by molar-refractivity contribution is 0.669. The Hall–Kier alpha value is -8.20. The number of furan rings is 1. The molecule has 1 heterocycles. The first-order valence-electron chi connectivity index (χ1n) is 21.1. The Balaban J connectivity index is 0.894. The summed E-state index contributed by atoms with van der Waals surface area (Å²) in [5.41, 5.74) is 19.3. The van der Waals surface area contributed by atoms with Gasteiger partial charge in [-0.25, -0.2) is 0 Å². The number of rotatable bonds is 9. The first-order valence-corrected chi connectivity index (χ1v) is 21.1. The predicted molar refractivity (Wildman–Crippen MR) is 261 cm³/mol. The Labute approximate surface area is 362 Å². The van der Waals surface area contributed by atoms with Crippen molar-refractivity contribution in [3.05, 3.63) is 249 Å². The Morgan fingerprint density at radius 1 is 0.210 bits per heavy atom. The van der Waals surface area contributed by atoms with Gasteiger partial charge < -0.3 is 9.32 Å². The monoisotopic (exact) mass is 791 g/mol. The fourth-order valence-corrected chi connectivity index (χ4v) is 8.61. The summed E-state index contributed by atoms with van der Waals surface area (Å²) >= 11 is 0. The Morgan fingerprint density at radius 2 is 0.516 bits per heavy atom. The molecule has 1 aromatic heterocycles. The van der Waals surface area contributed by atoms with Crippen LogP contribution in [0.2, 0.25) is 0 Å². The molecule has 0 aliphatic heterocycles. The number of hydrogen-bond acceptors (Lipinski definition) is 2. The fraction of sp³-hybridized carbons (Fsp3) is 0. The third-order valence-corrected chi connectivity index (χ3v) is 11.9. The standard InChI is InChI=1S/C60H41NO/c1-3-10-42(11-4-1)44-18-20-45(21-19-44)47-26-33-54(34-27-47)61(56-37-30-50(31-38-56)52-15-9-14-51(40-52)43-12-5-2-6-13-43)55-35-28-48(29-36-55)46-22-24-49(25-23-46)53-32-39-58-57-16-7-8-17-59(57)62-60(58)41-53/h1-41H. The number of nitrogens with zero attached hydrogens (tertiary/aromatic N) is 1. The van der Waals surface area contributed by atoms with Crippen LogP contribution in [0.1, 0.15) is 0 Å². The summed E-state index contributed by atoms with van der Waals surface area (Å²) < 4.78 is 6.19. The van der Waals surface area contributed by atoms with Crippen molar-refractivity contribution in [2.45, 2.75) is 0 Å². The highest BCUT2D eigenvalue weighted by Crippen LogP contribution is 2.39. The molecule has 0 atom stereocenters. The number of fused-ring (bicyclic) bond motifs is 3. The molecule has 0 N–H and O–H groups in total. The molecule has 292 valence electrons. The zero-order valence-corrected chi connectivity index (χ0v) is 34.0. The largest absolute Gasteiger partial charge is 0.456 e. The van der Waals surface area contributed by atoms with Crippen molar-refractivity contribution in [2.75, 3.05) is 4.90 Å². The summed E-state index contributed by atoms with van der Waals surface area (Å²) in [4.78, 5) is 2.34. The minimum absolute atomic E-state index is 0.909. The van der Waals surface area contributed by atoms with Crippen LogP contribution in [0.3, 0.4) is 0 Å². The Morgan fingerprint density at radius 3 is 0.984 bits per heavy atom. The Kier molecular flexibility index (Phi) is 9.57. The topological polar surface area (TPSA) is 16.4 Å². The van der Waals surface area contributed by atoms with E-state index in [1.807, 2.05) is 12.1 Å². The van der Waals surface area contributed by atoms with Crippen molar-refractivity contribution in [3.63, 3.8) is 0 Å². The first-order chi connectivity index (χ1) is 30.7. The molecule has 0 fully saturated rings. The second kappa shape index (κ2) is 16.1. The van der Waals surface area contributed by atoms with Crippen LogP contribution in [0.4, 0.5) is 17.1 Å². The molecule has 11 aromatic rings. The minimum atomic E-state index is 0.909. The normalized spacial score (nSPS) is 11.2. The van der Waals surface area contributed by atoms with Crippen LogP contribution in [0.5, 0.6) is 0 Å². The van der Waals surface area contributed by atoms with Gasteiger partial charge in [-0.1, -0.05) is 188 Å². The fourth-order valence-electron chi connectivity index (χ4n) is 8.61. The van der Waals surface area contributed by atoms with Gasteiger partial charge in [0.15, 0.2) is 0 Å². The van der Waals surface area contributed by atoms with Gasteiger partial charge in [-0.3, -0.25) is 0 Å². The molecule has 0 amide bonds. The smallest absolute Gasteiger partial charge is 0.136 e. The molecule has 11 rings (SSSR count). The lowest BCUT2D eigenvalue weighted by Gasteiger charge is -2.26. The molecule has 0 radical (unpaired) electrons. The van der Waals surface area contributed by atoms with Gasteiger partial charge in [-0.2, -0.15) is 0 Å². The summed E-state index contributed by atoms with van der Waals surface area (Å²) in [5.74, 6) is 0. The molecule has 2 heteroatoms. The van der Waals surface area contributed by atoms with E-state index in [0.29, 0.717) is 0 Å². The number of para-hydroxylation sites is 1. The van der Waals surface area contributed by atoms with E-state index in [1.54, 1.807) is 0 Å². The average Bonchev–Trinajstić information content (AvgIpc) is 3.74. The SMILES string of the molecule is c1ccc(-c2ccc(-c3ccc(N(c4ccc(-c5ccc(-c6ccc7c(c6)oc6ccccc67)cc5)cc4)c4ccc(-c5cccc(-c6ccccc6)c5)cc4)cc3)cc2)cc1. The van der Waals surface area contributed by atoms with E-state index in [0.717, 1.165) is 55.7 Å². The van der Waals surface area contributed by atoms with Gasteiger partial charge in [0.05, 0.1) is 0 Å². The molecule has 2 nitrogen and oxygen atoms in total. The summed E-state index contributed by atoms with van der Waals surface area (Å²) in [6.45, 7) is 0. The van der Waals surface area contributed by atoms with Crippen LogP contribution in [0, 0.1) is 0 Å². The lowest BCUT2D eigenvalue weighted by Crippen LogP contribution is -2.09. The maximum Gasteiger partial charge on any atom is 0.136 e. The first kappa shape index (κ1) is 36.8. The van der Waals surface area contributed by atoms with E-state index in [4.69, 9.17) is 4.42 Å². The summed E-state index contributed by atoms with van der Waals surface area (Å²) in [6.07, 6.45) is 0. The van der Waals surface area contributed by atoms with Crippen LogP contribution in [0.15, 0.2) is 253 Å². The van der Waals surface area contributed by atoms with Crippen molar-refractivity contribution in [2.24, 2.45) is 0 Å². The van der Waals surface area contributed by atoms with Crippen molar-refractivity contribution >= 4 is 39.0 Å². The van der Waals surface area contributed by atoms with Crippen molar-refractivity contribution in [1.82, 2.24) is 0 Å². The highest BCUT2D eigenvalue weighted by atomic mass is 16.3. The van der Waals surface area contributed by atoms with Crippen molar-refractivity contribution in [1.29, 1.82) is 0 Å². The van der Waals surface area contributed by atoms with Crippen LogP contribution in [0.25, 0.3) is 88.7 Å². The molecular weight excluding hydrogens is 751 g/mol. The maximum absolute atomic E-state index is 6.19. The van der Waals surface area contributed by atoms with E-state index in [-0.39, 0.29) is 0 Å². The zero-order chi connectivity index (χ0) is 41.2. The van der Waals surface area contributed by atoms with Crippen LogP contribution in [-0.2, 0) is 0 Å². The van der Waals surface area contributed by atoms with Gasteiger partial charge in [0.25, 0.3) is 0 Å². The third-order valence-electron chi connectivity index (χ3n) is 11.9. The minimum Gasteiger partial charge on any atom is -0.456 e. The van der Waals surface area contributed by atoms with E-state index in [9.17, 15) is 0 Å². The van der Waals surface area contributed by atoms with Crippen LogP contribution >= 0.6 is 0 Å². The van der Waals surface area contributed by atoms with E-state index in [1.165, 1.54) is 50.1 Å². The van der Waals surface area contributed by atoms with Crippen molar-refractivity contribution in [3.8, 4) is 66.8 Å². The molecule has 62 heavy (non-hydrogen) atoms. The van der Waals surface area contributed by atoms with Crippen molar-refractivity contribution < 1.29 is 4.42 Å². The van der Waals surface area contributed by atoms with Crippen LogP contribution in [-0.4, -0.2) is 0 Å². The van der Waals surface area contributed by atoms with Crippen LogP contribution < -0.4 is 4.90 Å². The average molecular weight is 792 g/mol. The molecule has 0 saturated heterocycles. The number of anilines is 3. The summed E-state index contributed by atoms with van der Waals surface area (Å²) in [6, 6.07) is 89.0. The van der Waals surface area contributed by atoms with Gasteiger partial charge in [0.1, 0.15) is 11.2 Å². The second-order valence-corrected chi connectivity index (χ2v) is 15.8. The van der Waals surface area contributed by atoms with Gasteiger partial charge in [-0.05, 0) is 127 Å². The van der Waals surface area contributed by atoms with Gasteiger partial charge in [-0.15, -0.1) is 0 Å². The number of hydrogen-bond donors (Lipinski definition) is 0. The zero-order valence-electron chi connectivity index (χ0n) is 34.0. The highest BCUT2D eigenvalue weighted by Gasteiger charge is 2.15. The number of benzene rings is 10. The molecule has 0 saturated carbocycles.